The third-order valence-electron chi connectivity index (χ3n) is 13.1. The largest absolute Gasteiger partial charge is 0.397 e. The van der Waals surface area contributed by atoms with Crippen molar-refractivity contribution < 1.29 is 22.3 Å². The summed E-state index contributed by atoms with van der Waals surface area (Å²) in [5, 5.41) is 19.2. The molecule has 0 spiro atoms. The Morgan fingerprint density at radius 1 is 0.907 bits per heavy atom. The maximum Gasteiger partial charge on any atom is 0.397 e. The Hall–Kier alpha value is -0.290. The Labute approximate surface area is 263 Å². The molecule has 9 heteroatoms. The molecule has 0 aromatic rings. The highest BCUT2D eigenvalue weighted by Gasteiger charge is 2.62. The van der Waals surface area contributed by atoms with Gasteiger partial charge in [0, 0.05) is 6.04 Å². The minimum atomic E-state index is -4.45. The second-order valence-electron chi connectivity index (χ2n) is 15.9. The number of unbranched alkanes of at least 4 members (excludes halogenated alkanes) is 1. The summed E-state index contributed by atoms with van der Waals surface area (Å²) >= 11 is 0. The van der Waals surface area contributed by atoms with Crippen molar-refractivity contribution in [3.05, 3.63) is 0 Å². The summed E-state index contributed by atoms with van der Waals surface area (Å²) in [4.78, 5) is 0. The van der Waals surface area contributed by atoms with Crippen molar-refractivity contribution in [1.82, 2.24) is 10.6 Å². The van der Waals surface area contributed by atoms with Gasteiger partial charge in [0.15, 0.2) is 0 Å². The minimum Gasteiger partial charge on any atom is -0.393 e. The number of hydrogen-bond donors (Lipinski definition) is 5. The maximum atomic E-state index is 11.8. The number of aliphatic hydroxyl groups is 1. The second-order valence-corrected chi connectivity index (χ2v) is 17.0. The summed E-state index contributed by atoms with van der Waals surface area (Å²) in [6.07, 6.45) is 13.7. The Morgan fingerprint density at radius 2 is 1.60 bits per heavy atom. The lowest BCUT2D eigenvalue weighted by Gasteiger charge is -2.62. The van der Waals surface area contributed by atoms with Gasteiger partial charge >= 0.3 is 10.4 Å². The molecule has 0 aromatic carbocycles. The fourth-order valence-corrected chi connectivity index (χ4v) is 11.3. The molecular formula is C34H65N3O5S. The summed E-state index contributed by atoms with van der Waals surface area (Å²) in [6.45, 7) is 15.3. The van der Waals surface area contributed by atoms with Crippen LogP contribution in [-0.2, 0) is 14.6 Å². The number of aliphatic hydroxyl groups excluding tert-OH is 1. The van der Waals surface area contributed by atoms with E-state index < -0.39 is 16.5 Å². The summed E-state index contributed by atoms with van der Waals surface area (Å²) in [5.74, 6) is 3.21. The zero-order valence-corrected chi connectivity index (χ0v) is 28.7. The molecule has 11 atom stereocenters. The topological polar surface area (TPSA) is 134 Å². The third-order valence-corrected chi connectivity index (χ3v) is 13.6. The fourth-order valence-electron chi connectivity index (χ4n) is 10.7. The van der Waals surface area contributed by atoms with Crippen molar-refractivity contribution >= 4 is 10.4 Å². The maximum absolute atomic E-state index is 11.8. The van der Waals surface area contributed by atoms with Crippen LogP contribution >= 0.6 is 0 Å². The molecule has 0 saturated heterocycles. The van der Waals surface area contributed by atoms with E-state index in [9.17, 15) is 18.1 Å². The van der Waals surface area contributed by atoms with Crippen LogP contribution in [0.4, 0.5) is 0 Å². The molecule has 0 heterocycles. The van der Waals surface area contributed by atoms with Crippen molar-refractivity contribution in [2.75, 3.05) is 26.2 Å². The average molecular weight is 628 g/mol. The van der Waals surface area contributed by atoms with Crippen molar-refractivity contribution in [2.24, 2.45) is 58.0 Å². The molecule has 252 valence electrons. The van der Waals surface area contributed by atoms with E-state index in [2.05, 4.69) is 31.4 Å². The highest BCUT2D eigenvalue weighted by atomic mass is 32.3. The van der Waals surface area contributed by atoms with Gasteiger partial charge in [-0.05, 0) is 162 Å². The number of rotatable bonds is 16. The number of hydrogen-bond acceptors (Lipinski definition) is 7. The van der Waals surface area contributed by atoms with Gasteiger partial charge in [-0.25, -0.2) is 4.18 Å². The summed E-state index contributed by atoms with van der Waals surface area (Å²) in [6, 6.07) is 0.573. The van der Waals surface area contributed by atoms with Crippen molar-refractivity contribution in [2.45, 2.75) is 136 Å². The summed E-state index contributed by atoms with van der Waals surface area (Å²) in [7, 11) is -4.45. The molecule has 1 unspecified atom stereocenters. The number of nitrogens with two attached hydrogens (primary N) is 1. The zero-order valence-electron chi connectivity index (χ0n) is 27.9. The van der Waals surface area contributed by atoms with E-state index in [0.717, 1.165) is 58.3 Å². The van der Waals surface area contributed by atoms with Crippen LogP contribution in [0.15, 0.2) is 0 Å². The van der Waals surface area contributed by atoms with Gasteiger partial charge in [-0.1, -0.05) is 34.6 Å². The first kappa shape index (κ1) is 35.6. The van der Waals surface area contributed by atoms with E-state index in [1.165, 1.54) is 44.9 Å². The van der Waals surface area contributed by atoms with E-state index >= 15 is 0 Å². The zero-order chi connectivity index (χ0) is 31.4. The molecule has 43 heavy (non-hydrogen) atoms. The Kier molecular flexibility index (Phi) is 12.5. The van der Waals surface area contributed by atoms with Crippen LogP contribution in [-0.4, -0.2) is 62.5 Å². The van der Waals surface area contributed by atoms with Crippen LogP contribution in [0.3, 0.4) is 0 Å². The first-order valence-corrected chi connectivity index (χ1v) is 19.1. The molecule has 0 bridgehead atoms. The number of fused-ring (bicyclic) bond motifs is 5. The molecule has 0 aromatic heterocycles. The first-order valence-electron chi connectivity index (χ1n) is 17.8. The van der Waals surface area contributed by atoms with E-state index in [-0.39, 0.29) is 17.4 Å². The van der Waals surface area contributed by atoms with E-state index in [4.69, 9.17) is 9.92 Å². The molecular weight excluding hydrogens is 562 g/mol. The predicted molar refractivity (Wildman–Crippen MR) is 174 cm³/mol. The van der Waals surface area contributed by atoms with Crippen molar-refractivity contribution in [3.8, 4) is 0 Å². The quantitative estimate of drug-likeness (QED) is 0.111. The van der Waals surface area contributed by atoms with Gasteiger partial charge < -0.3 is 21.5 Å². The smallest absolute Gasteiger partial charge is 0.393 e. The van der Waals surface area contributed by atoms with Crippen LogP contribution in [0.5, 0.6) is 0 Å². The van der Waals surface area contributed by atoms with E-state index in [1.54, 1.807) is 0 Å². The third kappa shape index (κ3) is 8.36. The standard InChI is InChI=1S/C34H65N3O5S/c1-23(2)31(42-43(39,40)41)12-9-24(3)27-10-11-28-32-29(14-16-34(27,28)5)33(4)15-13-26(21-25(33)22-30(32)38)37-20-8-19-36-18-7-6-17-35/h23-32,36-38H,6-22,35H2,1-5H3,(H,39,40,41)/t24-,25-,26+,27-,28+,29+,30-,31?,32+,33+,34-/m1/s1. The van der Waals surface area contributed by atoms with E-state index in [1.807, 2.05) is 13.8 Å². The monoisotopic (exact) mass is 627 g/mol. The van der Waals surface area contributed by atoms with E-state index in [0.29, 0.717) is 53.4 Å². The van der Waals surface area contributed by atoms with Crippen LogP contribution in [0.25, 0.3) is 0 Å². The molecule has 4 aliphatic rings. The lowest BCUT2D eigenvalue weighted by atomic mass is 9.43. The first-order chi connectivity index (χ1) is 20.3. The molecule has 4 fully saturated rings. The molecule has 8 nitrogen and oxygen atoms in total. The molecule has 4 aliphatic carbocycles. The van der Waals surface area contributed by atoms with Gasteiger partial charge in [0.25, 0.3) is 0 Å². The predicted octanol–water partition coefficient (Wildman–Crippen LogP) is 5.55. The Bertz CT molecular complexity index is 981. The van der Waals surface area contributed by atoms with Gasteiger partial charge in [-0.2, -0.15) is 8.42 Å². The van der Waals surface area contributed by atoms with Gasteiger partial charge in [0.05, 0.1) is 12.2 Å². The Balaban J connectivity index is 1.32. The molecule has 0 radical (unpaired) electrons. The van der Waals surface area contributed by atoms with Gasteiger partial charge in [-0.3, -0.25) is 4.55 Å². The van der Waals surface area contributed by atoms with Crippen LogP contribution in [0, 0.1) is 52.3 Å². The van der Waals surface area contributed by atoms with Gasteiger partial charge in [0.2, 0.25) is 0 Å². The number of nitrogens with one attached hydrogen (secondary N) is 2. The average Bonchev–Trinajstić information content (AvgIpc) is 3.29. The SMILES string of the molecule is CC(C)C(CC[C@@H](C)[C@H]1CC[C@H]2[C@@H]3[C@H](O)C[C@H]4C[C@@H](NCCCNCCCCN)CC[C@]4(C)[C@H]3CC[C@]12C)OS(=O)(=O)O. The highest BCUT2D eigenvalue weighted by molar-refractivity contribution is 7.80. The molecule has 4 saturated carbocycles. The fraction of sp³-hybridized carbons (Fsp3) is 1.00. The molecule has 6 N–H and O–H groups in total. The minimum absolute atomic E-state index is 0.0152. The Morgan fingerprint density at radius 3 is 2.30 bits per heavy atom. The molecule has 4 rings (SSSR count). The second kappa shape index (κ2) is 15.1. The summed E-state index contributed by atoms with van der Waals surface area (Å²) < 4.78 is 37.1. The summed E-state index contributed by atoms with van der Waals surface area (Å²) in [5.41, 5.74) is 6.13. The van der Waals surface area contributed by atoms with Crippen LogP contribution < -0.4 is 16.4 Å². The van der Waals surface area contributed by atoms with Gasteiger partial charge in [-0.15, -0.1) is 0 Å². The van der Waals surface area contributed by atoms with Crippen LogP contribution in [0.1, 0.15) is 118 Å². The lowest BCUT2D eigenvalue weighted by molar-refractivity contribution is -0.167. The van der Waals surface area contributed by atoms with Gasteiger partial charge in [0.1, 0.15) is 0 Å². The highest BCUT2D eigenvalue weighted by Crippen LogP contribution is 2.68. The molecule has 0 amide bonds. The van der Waals surface area contributed by atoms with Crippen molar-refractivity contribution in [1.29, 1.82) is 0 Å². The lowest BCUT2D eigenvalue weighted by Crippen LogP contribution is -2.59. The van der Waals surface area contributed by atoms with Crippen molar-refractivity contribution in [3.63, 3.8) is 0 Å². The normalized spacial score (nSPS) is 39.2. The molecule has 0 aliphatic heterocycles. The van der Waals surface area contributed by atoms with Crippen LogP contribution in [0.2, 0.25) is 0 Å².